The number of pyridine rings is 1. The first-order chi connectivity index (χ1) is 9.88. The van der Waals surface area contributed by atoms with Gasteiger partial charge in [0.15, 0.2) is 0 Å². The molecule has 0 aliphatic carbocycles. The first-order valence-electron chi connectivity index (χ1n) is 5.45. The third-order valence-electron chi connectivity index (χ3n) is 2.44. The molecule has 0 aliphatic rings. The third-order valence-corrected chi connectivity index (χ3v) is 2.44. The van der Waals surface area contributed by atoms with Gasteiger partial charge in [-0.15, -0.1) is 0 Å². The summed E-state index contributed by atoms with van der Waals surface area (Å²) in [6.07, 6.45) is 0.957. The minimum absolute atomic E-state index is 0.0210. The first-order valence-corrected chi connectivity index (χ1v) is 5.45. The van der Waals surface area contributed by atoms with Gasteiger partial charge in [-0.2, -0.15) is 8.78 Å². The molecule has 0 fully saturated rings. The molecule has 0 spiro atoms. The molecular weight excluding hydrogens is 291 g/mol. The highest BCUT2D eigenvalue weighted by atomic mass is 19.1. The number of rotatable bonds is 3. The molecule has 1 aromatic heterocycles. The average Bonchev–Trinajstić information content (AvgIpc) is 2.43. The van der Waals surface area contributed by atoms with Crippen LogP contribution in [-0.2, 0) is 0 Å². The maximum Gasteiger partial charge on any atom is 0.308 e. The van der Waals surface area contributed by atoms with Crippen LogP contribution in [0.25, 0.3) is 0 Å². The Morgan fingerprint density at radius 3 is 2.52 bits per heavy atom. The van der Waals surface area contributed by atoms with Crippen LogP contribution in [0.1, 0.15) is 10.4 Å². The van der Waals surface area contributed by atoms with E-state index in [1.54, 1.807) is 0 Å². The number of halogens is 3. The van der Waals surface area contributed by atoms with E-state index in [-0.39, 0.29) is 5.69 Å². The van der Waals surface area contributed by atoms with Crippen LogP contribution in [0.2, 0.25) is 0 Å². The molecule has 1 aromatic carbocycles. The predicted molar refractivity (Wildman–Crippen MR) is 65.2 cm³/mol. The molecule has 0 saturated carbocycles. The number of hydrogen-bond acceptors (Lipinski definition) is 4. The van der Waals surface area contributed by atoms with E-state index in [9.17, 15) is 28.1 Å². The van der Waals surface area contributed by atoms with Crippen molar-refractivity contribution in [3.63, 3.8) is 0 Å². The van der Waals surface area contributed by atoms with E-state index in [1.807, 2.05) is 0 Å². The number of nitrogens with zero attached hydrogens (tertiary/aromatic N) is 2. The second-order valence-electron chi connectivity index (χ2n) is 3.87. The van der Waals surface area contributed by atoms with Gasteiger partial charge in [0.25, 0.3) is 5.91 Å². The standard InChI is InChI=1S/C12H6F3N3O3/c13-6-3-8(11(15)9(4-6)18(20)21)12(19)17-7-1-2-10(14)16-5-7/h1-5H,(H,17,19). The number of nitrogens with one attached hydrogen (secondary N) is 1. The fourth-order valence-electron chi connectivity index (χ4n) is 1.52. The molecule has 108 valence electrons. The van der Waals surface area contributed by atoms with E-state index in [1.165, 1.54) is 0 Å². The normalized spacial score (nSPS) is 10.2. The SMILES string of the molecule is O=C(Nc1ccc(F)nc1)c1cc(F)cc([N+](=O)[O-])c1F. The van der Waals surface area contributed by atoms with Gasteiger partial charge in [0.2, 0.25) is 11.8 Å². The fraction of sp³-hybridized carbons (Fsp3) is 0. The van der Waals surface area contributed by atoms with Crippen molar-refractivity contribution in [2.45, 2.75) is 0 Å². The molecule has 2 aromatic rings. The van der Waals surface area contributed by atoms with Gasteiger partial charge in [0.1, 0.15) is 5.82 Å². The molecule has 2 rings (SSSR count). The third kappa shape index (κ3) is 3.14. The Bertz CT molecular complexity index is 720. The van der Waals surface area contributed by atoms with Crippen molar-refractivity contribution >= 4 is 17.3 Å². The van der Waals surface area contributed by atoms with Crippen LogP contribution in [0.5, 0.6) is 0 Å². The molecule has 0 bridgehead atoms. The van der Waals surface area contributed by atoms with Gasteiger partial charge in [-0.05, 0) is 18.2 Å². The van der Waals surface area contributed by atoms with Gasteiger partial charge in [0.05, 0.1) is 28.4 Å². The highest BCUT2D eigenvalue weighted by molar-refractivity contribution is 6.04. The Balaban J connectivity index is 2.35. The summed E-state index contributed by atoms with van der Waals surface area (Å²) in [6, 6.07) is 2.98. The van der Waals surface area contributed by atoms with Crippen LogP contribution in [0, 0.1) is 27.7 Å². The van der Waals surface area contributed by atoms with Crippen molar-refractivity contribution in [3.05, 3.63) is 63.7 Å². The molecule has 1 N–H and O–H groups in total. The van der Waals surface area contributed by atoms with Gasteiger partial charge >= 0.3 is 5.69 Å². The lowest BCUT2D eigenvalue weighted by Crippen LogP contribution is -2.15. The lowest BCUT2D eigenvalue weighted by atomic mass is 10.1. The second-order valence-corrected chi connectivity index (χ2v) is 3.87. The predicted octanol–water partition coefficient (Wildman–Crippen LogP) is 2.66. The van der Waals surface area contributed by atoms with Gasteiger partial charge < -0.3 is 5.32 Å². The summed E-state index contributed by atoms with van der Waals surface area (Å²) < 4.78 is 39.6. The van der Waals surface area contributed by atoms with Crippen LogP contribution >= 0.6 is 0 Å². The minimum atomic E-state index is -1.46. The maximum absolute atomic E-state index is 13.8. The topological polar surface area (TPSA) is 85.1 Å². The van der Waals surface area contributed by atoms with Gasteiger partial charge in [0, 0.05) is 0 Å². The highest BCUT2D eigenvalue weighted by Gasteiger charge is 2.24. The van der Waals surface area contributed by atoms with Crippen molar-refractivity contribution in [1.82, 2.24) is 4.98 Å². The summed E-state index contributed by atoms with van der Waals surface area (Å²) in [6.45, 7) is 0. The van der Waals surface area contributed by atoms with Crippen molar-refractivity contribution in [1.29, 1.82) is 0 Å². The Hall–Kier alpha value is -2.97. The Kier molecular flexibility index (Phi) is 3.83. The molecule has 9 heteroatoms. The Morgan fingerprint density at radius 1 is 1.24 bits per heavy atom. The summed E-state index contributed by atoms with van der Waals surface area (Å²) in [5.74, 6) is -4.51. The molecule has 6 nitrogen and oxygen atoms in total. The zero-order valence-electron chi connectivity index (χ0n) is 10.1. The van der Waals surface area contributed by atoms with Crippen molar-refractivity contribution in [2.75, 3.05) is 5.32 Å². The number of anilines is 1. The van der Waals surface area contributed by atoms with Crippen molar-refractivity contribution < 1.29 is 22.9 Å². The number of carbonyl (C=O) groups excluding carboxylic acids is 1. The molecule has 1 heterocycles. The lowest BCUT2D eigenvalue weighted by Gasteiger charge is -2.06. The van der Waals surface area contributed by atoms with E-state index in [2.05, 4.69) is 10.3 Å². The lowest BCUT2D eigenvalue weighted by molar-refractivity contribution is -0.387. The van der Waals surface area contributed by atoms with Crippen LogP contribution < -0.4 is 5.32 Å². The molecule has 0 atom stereocenters. The summed E-state index contributed by atoms with van der Waals surface area (Å²) in [5, 5.41) is 12.7. The smallest absolute Gasteiger partial charge is 0.308 e. The van der Waals surface area contributed by atoms with E-state index < -0.39 is 39.7 Å². The molecule has 0 radical (unpaired) electrons. The van der Waals surface area contributed by atoms with Crippen LogP contribution in [0.4, 0.5) is 24.5 Å². The molecule has 0 aliphatic heterocycles. The number of carbonyl (C=O) groups is 1. The van der Waals surface area contributed by atoms with Crippen molar-refractivity contribution in [3.8, 4) is 0 Å². The van der Waals surface area contributed by atoms with Crippen LogP contribution in [0.3, 0.4) is 0 Å². The largest absolute Gasteiger partial charge is 0.320 e. The molecule has 21 heavy (non-hydrogen) atoms. The number of amides is 1. The maximum atomic E-state index is 13.8. The highest BCUT2D eigenvalue weighted by Crippen LogP contribution is 2.23. The zero-order chi connectivity index (χ0) is 15.6. The number of benzene rings is 1. The fourth-order valence-corrected chi connectivity index (χ4v) is 1.52. The van der Waals surface area contributed by atoms with Crippen molar-refractivity contribution in [2.24, 2.45) is 0 Å². The molecular formula is C12H6F3N3O3. The number of aromatic nitrogens is 1. The Labute approximate surface area is 115 Å². The van der Waals surface area contributed by atoms with Crippen LogP contribution in [0.15, 0.2) is 30.5 Å². The zero-order valence-corrected chi connectivity index (χ0v) is 10.1. The summed E-state index contributed by atoms with van der Waals surface area (Å²) in [4.78, 5) is 24.5. The number of nitro benzene ring substituents is 1. The summed E-state index contributed by atoms with van der Waals surface area (Å²) in [7, 11) is 0. The van der Waals surface area contributed by atoms with Gasteiger partial charge in [-0.25, -0.2) is 9.37 Å². The minimum Gasteiger partial charge on any atom is -0.320 e. The Morgan fingerprint density at radius 2 is 1.95 bits per heavy atom. The summed E-state index contributed by atoms with van der Waals surface area (Å²) in [5.41, 5.74) is -1.98. The number of hydrogen-bond donors (Lipinski definition) is 1. The van der Waals surface area contributed by atoms with E-state index in [0.29, 0.717) is 12.1 Å². The second kappa shape index (κ2) is 5.57. The molecule has 1 amide bonds. The monoisotopic (exact) mass is 297 g/mol. The first kappa shape index (κ1) is 14.4. The van der Waals surface area contributed by atoms with E-state index in [0.717, 1.165) is 18.3 Å². The van der Waals surface area contributed by atoms with Gasteiger partial charge in [-0.1, -0.05) is 0 Å². The number of nitro groups is 1. The summed E-state index contributed by atoms with van der Waals surface area (Å²) >= 11 is 0. The molecule has 0 unspecified atom stereocenters. The van der Waals surface area contributed by atoms with E-state index in [4.69, 9.17) is 0 Å². The van der Waals surface area contributed by atoms with E-state index >= 15 is 0 Å². The molecule has 0 saturated heterocycles. The average molecular weight is 297 g/mol. The van der Waals surface area contributed by atoms with Crippen LogP contribution in [-0.4, -0.2) is 15.8 Å². The van der Waals surface area contributed by atoms with Gasteiger partial charge in [-0.3, -0.25) is 14.9 Å². The quantitative estimate of drug-likeness (QED) is 0.536.